The first-order valence-corrected chi connectivity index (χ1v) is 43.4. The highest BCUT2D eigenvalue weighted by atomic mass is 16.3. The SMILES string of the molecule is c1cc(-c2ccc(-c3nc(-c4ccc5oc6ccccc6c5c4)nc(-c4ccc5oc6ccccc6c5c4)n3)cc2)cc(-c2ccc3c(c2)C2(CCCCC2)c2ccccc2-3)c1.c1cc(-c2ccc(-c3nc(-c4cccc5oc6ccccc6c45)nc(-c4cccc5oc6ccccc6c45)n3)cc2)cc(-c2ccc3c(c2)C2(CCCCC2)c2ccccc2-3)c1. The number of nitrogens with zero attached hydrogens (tertiary/aromatic N) is 6. The van der Waals surface area contributed by atoms with Crippen molar-refractivity contribution in [2.24, 2.45) is 0 Å². The molecule has 0 atom stereocenters. The van der Waals surface area contributed by atoms with Crippen LogP contribution in [0, 0.1) is 0 Å². The topological polar surface area (TPSA) is 130 Å². The van der Waals surface area contributed by atoms with E-state index in [1.807, 2.05) is 121 Å². The molecule has 6 aromatic heterocycles. The highest BCUT2D eigenvalue weighted by molar-refractivity contribution is 6.14. The third kappa shape index (κ3) is 11.7. The van der Waals surface area contributed by atoms with Crippen molar-refractivity contribution < 1.29 is 17.7 Å². The molecule has 10 nitrogen and oxygen atoms in total. The smallest absolute Gasteiger partial charge is 0.164 e. The van der Waals surface area contributed by atoms with Crippen LogP contribution in [-0.2, 0) is 10.8 Å². The normalized spacial score (nSPS) is 14.3. The van der Waals surface area contributed by atoms with Crippen LogP contribution >= 0.6 is 0 Å². The van der Waals surface area contributed by atoms with Gasteiger partial charge in [-0.3, -0.25) is 0 Å². The fourth-order valence-electron chi connectivity index (χ4n) is 21.2. The molecular formula is C114H78N6O4. The monoisotopic (exact) mass is 1590 g/mol. The molecule has 10 heteroatoms. The Morgan fingerprint density at radius 2 is 0.452 bits per heavy atom. The standard InChI is InChI=1S/2C57H39N3O2/c1-8-31-57(32-9-1)46-20-5-2-15-40(46)41-30-29-39(34-47(41)57)38-14-10-13-37(33-38)35-25-27-36(28-26-35)54-58-55(44-18-11-23-50-52(44)42-16-3-6-21-48(42)61-50)60-56(59-54)45-19-12-24-51-53(45)43-17-4-7-22-49(43)62-51;1-8-29-57(30-9-1)48-16-5-2-13-42(48)43-26-23-39(34-49(43)57)38-12-10-11-37(31-38)35-19-21-36(22-20-35)54-58-55(40-24-27-52-46(32-40)44-14-3-6-17-50(44)61-52)60-56(59-54)41-25-28-53-47(33-41)45-15-4-7-18-51(45)62-53/h2-7,10-30,33-34H,1,8-9,31-32H2;2-7,10-28,31-34H,1,8-9,29-30H2. The summed E-state index contributed by atoms with van der Waals surface area (Å²) in [6.45, 7) is 0. The third-order valence-corrected chi connectivity index (χ3v) is 27.1. The molecule has 4 aliphatic rings. The fourth-order valence-corrected chi connectivity index (χ4v) is 21.2. The zero-order valence-electron chi connectivity index (χ0n) is 67.9. The van der Waals surface area contributed by atoms with Crippen LogP contribution in [0.3, 0.4) is 0 Å². The number of para-hydroxylation sites is 4. The zero-order valence-corrected chi connectivity index (χ0v) is 67.9. The van der Waals surface area contributed by atoms with Crippen molar-refractivity contribution in [3.8, 4) is 135 Å². The summed E-state index contributed by atoms with van der Waals surface area (Å²) in [5.41, 5.74) is 33.6. The van der Waals surface area contributed by atoms with Gasteiger partial charge < -0.3 is 17.7 Å². The maximum atomic E-state index is 6.31. The van der Waals surface area contributed by atoms with Crippen molar-refractivity contribution in [1.82, 2.24) is 29.9 Å². The summed E-state index contributed by atoms with van der Waals surface area (Å²) in [6.07, 6.45) is 12.7. The van der Waals surface area contributed by atoms with Crippen molar-refractivity contribution in [3.05, 3.63) is 374 Å². The van der Waals surface area contributed by atoms with E-state index in [4.69, 9.17) is 47.6 Å². The molecule has 2 fully saturated rings. The van der Waals surface area contributed by atoms with Gasteiger partial charge in [-0.25, -0.2) is 29.9 Å². The molecule has 6 heterocycles. The van der Waals surface area contributed by atoms with Gasteiger partial charge in [-0.15, -0.1) is 0 Å². The number of hydrogen-bond acceptors (Lipinski definition) is 10. The summed E-state index contributed by atoms with van der Waals surface area (Å²) in [5.74, 6) is 3.55. The van der Waals surface area contributed by atoms with Gasteiger partial charge in [0, 0.05) is 87.3 Å². The van der Waals surface area contributed by atoms with Crippen molar-refractivity contribution in [2.75, 3.05) is 0 Å². The minimum absolute atomic E-state index is 0.125. The van der Waals surface area contributed by atoms with E-state index in [1.54, 1.807) is 0 Å². The number of hydrogen-bond donors (Lipinski definition) is 0. The van der Waals surface area contributed by atoms with E-state index < -0.39 is 0 Å². The van der Waals surface area contributed by atoms with Crippen LogP contribution < -0.4 is 0 Å². The second-order valence-electron chi connectivity index (χ2n) is 34.0. The highest BCUT2D eigenvalue weighted by Gasteiger charge is 2.45. The molecule has 2 saturated carbocycles. The van der Waals surface area contributed by atoms with E-state index in [2.05, 4.69) is 231 Å². The van der Waals surface area contributed by atoms with Gasteiger partial charge in [-0.1, -0.05) is 293 Å². The Kier molecular flexibility index (Phi) is 16.6. The summed E-state index contributed by atoms with van der Waals surface area (Å²) in [6, 6.07) is 125. The minimum atomic E-state index is 0.125. The lowest BCUT2D eigenvalue weighted by atomic mass is 9.67. The van der Waals surface area contributed by atoms with E-state index in [1.165, 1.54) is 142 Å². The largest absolute Gasteiger partial charge is 0.456 e. The molecule has 0 unspecified atom stereocenters. The molecule has 2 spiro atoms. The lowest BCUT2D eigenvalue weighted by Crippen LogP contribution is -2.28. The van der Waals surface area contributed by atoms with E-state index in [9.17, 15) is 0 Å². The van der Waals surface area contributed by atoms with Gasteiger partial charge in [-0.05, 0) is 212 Å². The van der Waals surface area contributed by atoms with Crippen LogP contribution in [0.1, 0.15) is 86.5 Å². The summed E-state index contributed by atoms with van der Waals surface area (Å²) in [5, 5.41) is 8.18. The van der Waals surface area contributed by atoms with Crippen LogP contribution in [-0.4, -0.2) is 29.9 Å². The molecule has 4 aliphatic carbocycles. The number of aromatic nitrogens is 6. The number of benzene rings is 16. The lowest BCUT2D eigenvalue weighted by molar-refractivity contribution is 0.353. The van der Waals surface area contributed by atoms with E-state index in [-0.39, 0.29) is 10.8 Å². The third-order valence-electron chi connectivity index (χ3n) is 27.1. The predicted octanol–water partition coefficient (Wildman–Crippen LogP) is 30.5. The summed E-state index contributed by atoms with van der Waals surface area (Å²) in [7, 11) is 0. The summed E-state index contributed by atoms with van der Waals surface area (Å²) < 4.78 is 25.0. The average Bonchev–Trinajstić information content (AvgIpc) is 1.56. The van der Waals surface area contributed by atoms with Crippen LogP contribution in [0.25, 0.3) is 223 Å². The van der Waals surface area contributed by atoms with Gasteiger partial charge in [0.15, 0.2) is 34.9 Å². The van der Waals surface area contributed by atoms with Gasteiger partial charge in [0.05, 0.1) is 0 Å². The summed E-state index contributed by atoms with van der Waals surface area (Å²) in [4.78, 5) is 31.1. The maximum Gasteiger partial charge on any atom is 0.164 e. The summed E-state index contributed by atoms with van der Waals surface area (Å²) >= 11 is 0. The maximum absolute atomic E-state index is 6.31. The molecule has 26 rings (SSSR count). The molecule has 22 aromatic rings. The Morgan fingerprint density at radius 1 is 0.169 bits per heavy atom. The average molecular weight is 1600 g/mol. The molecule has 124 heavy (non-hydrogen) atoms. The van der Waals surface area contributed by atoms with Gasteiger partial charge in [0.2, 0.25) is 0 Å². The van der Waals surface area contributed by atoms with Gasteiger partial charge in [-0.2, -0.15) is 0 Å². The van der Waals surface area contributed by atoms with Crippen LogP contribution in [0.4, 0.5) is 0 Å². The van der Waals surface area contributed by atoms with Crippen LogP contribution in [0.15, 0.2) is 370 Å². The Labute approximate surface area is 714 Å². The molecule has 0 aliphatic heterocycles. The van der Waals surface area contributed by atoms with Crippen molar-refractivity contribution in [2.45, 2.75) is 75.0 Å². The van der Waals surface area contributed by atoms with Crippen molar-refractivity contribution in [1.29, 1.82) is 0 Å². The van der Waals surface area contributed by atoms with Gasteiger partial charge in [0.25, 0.3) is 0 Å². The highest BCUT2D eigenvalue weighted by Crippen LogP contribution is 2.59. The Balaban J connectivity index is 0.000000136. The Hall–Kier alpha value is -15.3. The lowest BCUT2D eigenvalue weighted by Gasteiger charge is -2.36. The number of rotatable bonds is 10. The fraction of sp³-hybridized carbons (Fsp3) is 0.105. The zero-order chi connectivity index (χ0) is 81.6. The van der Waals surface area contributed by atoms with Gasteiger partial charge in [0.1, 0.15) is 44.7 Å². The van der Waals surface area contributed by atoms with Crippen LogP contribution in [0.5, 0.6) is 0 Å². The van der Waals surface area contributed by atoms with Crippen LogP contribution in [0.2, 0.25) is 0 Å². The Morgan fingerprint density at radius 3 is 0.887 bits per heavy atom. The van der Waals surface area contributed by atoms with Crippen molar-refractivity contribution in [3.63, 3.8) is 0 Å². The van der Waals surface area contributed by atoms with Crippen molar-refractivity contribution >= 4 is 87.8 Å². The molecule has 0 bridgehead atoms. The molecular weight excluding hydrogens is 1520 g/mol. The first-order valence-electron chi connectivity index (χ1n) is 43.4. The van der Waals surface area contributed by atoms with E-state index in [0.29, 0.717) is 34.9 Å². The second kappa shape index (κ2) is 28.7. The number of fused-ring (bicyclic) bond motifs is 22. The molecule has 16 aromatic carbocycles. The van der Waals surface area contributed by atoms with Gasteiger partial charge >= 0.3 is 0 Å². The quantitative estimate of drug-likeness (QED) is 0.130. The molecule has 0 radical (unpaired) electrons. The molecule has 588 valence electrons. The second-order valence-corrected chi connectivity index (χ2v) is 34.0. The van der Waals surface area contributed by atoms with E-state index >= 15 is 0 Å². The van der Waals surface area contributed by atoms with E-state index in [0.717, 1.165) is 132 Å². The minimum Gasteiger partial charge on any atom is -0.456 e. The Bertz CT molecular complexity index is 7830. The first kappa shape index (κ1) is 71.6. The molecule has 0 saturated heterocycles. The predicted molar refractivity (Wildman–Crippen MR) is 502 cm³/mol. The first-order chi connectivity index (χ1) is 61.3. The molecule has 0 amide bonds. The number of furan rings is 4. The molecule has 0 N–H and O–H groups in total.